The van der Waals surface area contributed by atoms with Gasteiger partial charge in [0.1, 0.15) is 0 Å². The highest BCUT2D eigenvalue weighted by Crippen LogP contribution is 2.10. The summed E-state index contributed by atoms with van der Waals surface area (Å²) in [7, 11) is 0. The van der Waals surface area contributed by atoms with Crippen molar-refractivity contribution < 1.29 is 0 Å². The lowest BCUT2D eigenvalue weighted by molar-refractivity contribution is 0.531. The van der Waals surface area contributed by atoms with Crippen molar-refractivity contribution in [1.82, 2.24) is 10.6 Å². The number of benzene rings is 1. The Balaban J connectivity index is 1.96. The van der Waals surface area contributed by atoms with Crippen molar-refractivity contribution >= 4 is 11.6 Å². The molecule has 0 saturated heterocycles. The third-order valence-corrected chi connectivity index (χ3v) is 2.97. The summed E-state index contributed by atoms with van der Waals surface area (Å²) in [5, 5.41) is 7.73. The fourth-order valence-electron chi connectivity index (χ4n) is 1.78. The van der Waals surface area contributed by atoms with Crippen LogP contribution in [0.2, 0.25) is 5.02 Å². The van der Waals surface area contributed by atoms with Crippen LogP contribution in [0.15, 0.2) is 24.3 Å². The topological polar surface area (TPSA) is 24.1 Å². The van der Waals surface area contributed by atoms with Crippen molar-refractivity contribution in [3.63, 3.8) is 0 Å². The first kappa shape index (κ1) is 15.5. The third-order valence-electron chi connectivity index (χ3n) is 2.74. The molecule has 0 fully saturated rings. The predicted octanol–water partition coefficient (Wildman–Crippen LogP) is 3.11. The molecular formula is C15H25ClN2. The zero-order valence-electron chi connectivity index (χ0n) is 11.5. The van der Waals surface area contributed by atoms with Crippen LogP contribution < -0.4 is 10.6 Å². The van der Waals surface area contributed by atoms with Gasteiger partial charge in [-0.2, -0.15) is 0 Å². The standard InChI is InChI=1S/C15H25ClN2/c1-13(2)12-18-9-4-8-17-10-7-14-5-3-6-15(16)11-14/h3,5-6,11,13,17-18H,4,7-10,12H2,1-2H3. The van der Waals surface area contributed by atoms with Gasteiger partial charge < -0.3 is 10.6 Å². The Morgan fingerprint density at radius 2 is 1.89 bits per heavy atom. The Hall–Kier alpha value is -0.570. The quantitative estimate of drug-likeness (QED) is 0.673. The lowest BCUT2D eigenvalue weighted by atomic mass is 10.1. The molecule has 2 nitrogen and oxygen atoms in total. The van der Waals surface area contributed by atoms with Gasteiger partial charge in [0, 0.05) is 5.02 Å². The van der Waals surface area contributed by atoms with Crippen LogP contribution >= 0.6 is 11.6 Å². The Labute approximate surface area is 116 Å². The van der Waals surface area contributed by atoms with E-state index in [1.54, 1.807) is 0 Å². The third kappa shape index (κ3) is 7.70. The fourth-order valence-corrected chi connectivity index (χ4v) is 1.99. The van der Waals surface area contributed by atoms with Crippen molar-refractivity contribution in [2.24, 2.45) is 5.92 Å². The maximum Gasteiger partial charge on any atom is 0.0408 e. The van der Waals surface area contributed by atoms with Gasteiger partial charge in [0.2, 0.25) is 0 Å². The molecule has 2 N–H and O–H groups in total. The molecule has 18 heavy (non-hydrogen) atoms. The van der Waals surface area contributed by atoms with E-state index in [2.05, 4.69) is 30.5 Å². The maximum absolute atomic E-state index is 5.94. The smallest absolute Gasteiger partial charge is 0.0408 e. The van der Waals surface area contributed by atoms with Gasteiger partial charge in [-0.1, -0.05) is 37.6 Å². The van der Waals surface area contributed by atoms with Crippen LogP contribution in [0, 0.1) is 5.92 Å². The van der Waals surface area contributed by atoms with E-state index in [4.69, 9.17) is 11.6 Å². The Morgan fingerprint density at radius 3 is 2.61 bits per heavy atom. The van der Waals surface area contributed by atoms with Crippen LogP contribution in [-0.4, -0.2) is 26.2 Å². The minimum absolute atomic E-state index is 0.737. The van der Waals surface area contributed by atoms with Gasteiger partial charge in [-0.05, 0) is 62.6 Å². The van der Waals surface area contributed by atoms with E-state index in [-0.39, 0.29) is 0 Å². The second kappa shape index (κ2) is 9.37. The second-order valence-electron chi connectivity index (χ2n) is 5.08. The fraction of sp³-hybridized carbons (Fsp3) is 0.600. The molecular weight excluding hydrogens is 244 g/mol. The average Bonchev–Trinajstić information content (AvgIpc) is 2.32. The first-order valence-corrected chi connectivity index (χ1v) is 7.22. The molecule has 0 aliphatic rings. The summed E-state index contributed by atoms with van der Waals surface area (Å²) in [6.07, 6.45) is 2.22. The molecule has 1 aromatic rings. The van der Waals surface area contributed by atoms with Crippen molar-refractivity contribution in [3.8, 4) is 0 Å². The van der Waals surface area contributed by atoms with Crippen LogP contribution in [0.4, 0.5) is 0 Å². The molecule has 102 valence electrons. The van der Waals surface area contributed by atoms with Crippen LogP contribution in [0.5, 0.6) is 0 Å². The lowest BCUT2D eigenvalue weighted by Gasteiger charge is -2.08. The van der Waals surface area contributed by atoms with Crippen molar-refractivity contribution in [2.45, 2.75) is 26.7 Å². The number of nitrogens with one attached hydrogen (secondary N) is 2. The normalized spacial score (nSPS) is 11.1. The number of hydrogen-bond acceptors (Lipinski definition) is 2. The molecule has 0 atom stereocenters. The molecule has 1 aromatic carbocycles. The van der Waals surface area contributed by atoms with E-state index in [0.29, 0.717) is 0 Å². The molecule has 0 unspecified atom stereocenters. The molecule has 0 saturated carbocycles. The summed E-state index contributed by atoms with van der Waals surface area (Å²) < 4.78 is 0. The van der Waals surface area contributed by atoms with Gasteiger partial charge in [-0.25, -0.2) is 0 Å². The summed E-state index contributed by atoms with van der Waals surface area (Å²) in [5.74, 6) is 0.737. The SMILES string of the molecule is CC(C)CNCCCNCCc1cccc(Cl)c1. The van der Waals surface area contributed by atoms with Crippen LogP contribution in [0.3, 0.4) is 0 Å². The van der Waals surface area contributed by atoms with Gasteiger partial charge in [0.25, 0.3) is 0 Å². The van der Waals surface area contributed by atoms with Crippen LogP contribution in [0.25, 0.3) is 0 Å². The molecule has 0 aliphatic heterocycles. The summed E-state index contributed by atoms with van der Waals surface area (Å²) in [5.41, 5.74) is 1.30. The minimum atomic E-state index is 0.737. The molecule has 0 heterocycles. The highest BCUT2D eigenvalue weighted by atomic mass is 35.5. The highest BCUT2D eigenvalue weighted by molar-refractivity contribution is 6.30. The molecule has 0 amide bonds. The number of halogens is 1. The molecule has 0 aliphatic carbocycles. The Bertz CT molecular complexity index is 326. The summed E-state index contributed by atoms with van der Waals surface area (Å²) >= 11 is 5.94. The van der Waals surface area contributed by atoms with Crippen LogP contribution in [0.1, 0.15) is 25.8 Å². The van der Waals surface area contributed by atoms with Crippen molar-refractivity contribution in [1.29, 1.82) is 0 Å². The minimum Gasteiger partial charge on any atom is -0.316 e. The summed E-state index contributed by atoms with van der Waals surface area (Å²) in [4.78, 5) is 0. The molecule has 0 radical (unpaired) electrons. The molecule has 0 aromatic heterocycles. The van der Waals surface area contributed by atoms with Gasteiger partial charge in [0.05, 0.1) is 0 Å². The maximum atomic E-state index is 5.94. The van der Waals surface area contributed by atoms with Gasteiger partial charge in [0.15, 0.2) is 0 Å². The van der Waals surface area contributed by atoms with Gasteiger partial charge in [-0.3, -0.25) is 0 Å². The summed E-state index contributed by atoms with van der Waals surface area (Å²) in [6.45, 7) is 8.77. The molecule has 3 heteroatoms. The zero-order valence-corrected chi connectivity index (χ0v) is 12.3. The van der Waals surface area contributed by atoms with E-state index < -0.39 is 0 Å². The zero-order chi connectivity index (χ0) is 13.2. The van der Waals surface area contributed by atoms with E-state index in [1.807, 2.05) is 18.2 Å². The van der Waals surface area contributed by atoms with Gasteiger partial charge in [-0.15, -0.1) is 0 Å². The van der Waals surface area contributed by atoms with Crippen molar-refractivity contribution in [2.75, 3.05) is 26.2 Å². The largest absolute Gasteiger partial charge is 0.316 e. The molecule has 0 spiro atoms. The first-order chi connectivity index (χ1) is 8.68. The second-order valence-corrected chi connectivity index (χ2v) is 5.52. The predicted molar refractivity (Wildman–Crippen MR) is 80.4 cm³/mol. The van der Waals surface area contributed by atoms with Gasteiger partial charge >= 0.3 is 0 Å². The van der Waals surface area contributed by atoms with E-state index >= 15 is 0 Å². The molecule has 1 rings (SSSR count). The highest BCUT2D eigenvalue weighted by Gasteiger charge is 1.95. The lowest BCUT2D eigenvalue weighted by Crippen LogP contribution is -2.25. The number of hydrogen-bond donors (Lipinski definition) is 2. The van der Waals surface area contributed by atoms with Crippen molar-refractivity contribution in [3.05, 3.63) is 34.9 Å². The summed E-state index contributed by atoms with van der Waals surface area (Å²) in [6, 6.07) is 8.08. The Morgan fingerprint density at radius 1 is 1.11 bits per heavy atom. The number of rotatable bonds is 9. The monoisotopic (exact) mass is 268 g/mol. The Kier molecular flexibility index (Phi) is 8.06. The van der Waals surface area contributed by atoms with E-state index in [9.17, 15) is 0 Å². The molecule has 0 bridgehead atoms. The first-order valence-electron chi connectivity index (χ1n) is 6.84. The van der Waals surface area contributed by atoms with E-state index in [1.165, 1.54) is 12.0 Å². The average molecular weight is 269 g/mol. The van der Waals surface area contributed by atoms with Crippen LogP contribution in [-0.2, 0) is 6.42 Å². The van der Waals surface area contributed by atoms with E-state index in [0.717, 1.165) is 43.5 Å².